The molecule has 18 heavy (non-hydrogen) atoms. The van der Waals surface area contributed by atoms with Gasteiger partial charge >= 0.3 is 0 Å². The van der Waals surface area contributed by atoms with Crippen LogP contribution >= 0.6 is 0 Å². The van der Waals surface area contributed by atoms with Crippen LogP contribution in [0, 0.1) is 6.92 Å². The average molecular weight is 252 g/mol. The van der Waals surface area contributed by atoms with Crippen LogP contribution in [0.5, 0.6) is 11.5 Å². The highest BCUT2D eigenvalue weighted by molar-refractivity contribution is 5.50. The Kier molecular flexibility index (Phi) is 3.78. The lowest BCUT2D eigenvalue weighted by molar-refractivity contribution is -0.0710. The second kappa shape index (κ2) is 5.16. The molecule has 0 amide bonds. The largest absolute Gasteiger partial charge is 0.496 e. The summed E-state index contributed by atoms with van der Waals surface area (Å²) in [6.45, 7) is 3.37. The van der Waals surface area contributed by atoms with E-state index in [4.69, 9.17) is 14.2 Å². The fraction of sp³-hybridized carbons (Fsp3) is 0.571. The number of benzene rings is 1. The molecule has 1 fully saturated rings. The summed E-state index contributed by atoms with van der Waals surface area (Å²) in [5.74, 6) is 1.68. The van der Waals surface area contributed by atoms with E-state index in [1.165, 1.54) is 0 Å². The van der Waals surface area contributed by atoms with E-state index in [1.807, 2.05) is 19.1 Å². The number of aryl methyl sites for hydroxylation is 1. The number of methoxy groups -OCH3 is 2. The summed E-state index contributed by atoms with van der Waals surface area (Å²) in [5, 5.41) is 9.25. The van der Waals surface area contributed by atoms with Crippen LogP contribution in [0.3, 0.4) is 0 Å². The van der Waals surface area contributed by atoms with Crippen LogP contribution in [0.1, 0.15) is 17.5 Å². The normalized spacial score (nSPS) is 17.1. The standard InChI is InChI=1S/C14H20O4/c1-10-6-13(17-3)11(7-12(10)16-2)14(4-5-15)8-18-9-14/h6-7,15H,4-5,8-9H2,1-3H3. The van der Waals surface area contributed by atoms with Crippen molar-refractivity contribution in [2.45, 2.75) is 18.8 Å². The second-order valence-corrected chi connectivity index (χ2v) is 4.77. The van der Waals surface area contributed by atoms with Crippen LogP contribution in [0.4, 0.5) is 0 Å². The molecule has 1 saturated heterocycles. The molecule has 0 saturated carbocycles. The third-order valence-corrected chi connectivity index (χ3v) is 3.64. The maximum absolute atomic E-state index is 9.25. The fourth-order valence-corrected chi connectivity index (χ4v) is 2.46. The van der Waals surface area contributed by atoms with Gasteiger partial charge in [-0.25, -0.2) is 0 Å². The van der Waals surface area contributed by atoms with Gasteiger partial charge in [0.1, 0.15) is 11.5 Å². The highest BCUT2D eigenvalue weighted by Gasteiger charge is 2.42. The van der Waals surface area contributed by atoms with Crippen LogP contribution in [-0.2, 0) is 10.2 Å². The van der Waals surface area contributed by atoms with E-state index < -0.39 is 0 Å². The molecule has 1 heterocycles. The van der Waals surface area contributed by atoms with Gasteiger partial charge in [0.05, 0.1) is 27.4 Å². The Bertz CT molecular complexity index is 424. The molecule has 1 aromatic rings. The Morgan fingerprint density at radius 3 is 2.33 bits per heavy atom. The van der Waals surface area contributed by atoms with Gasteiger partial charge in [0.15, 0.2) is 0 Å². The smallest absolute Gasteiger partial charge is 0.123 e. The molecule has 0 unspecified atom stereocenters. The molecular formula is C14H20O4. The number of ether oxygens (including phenoxy) is 3. The molecule has 4 nitrogen and oxygen atoms in total. The quantitative estimate of drug-likeness (QED) is 0.866. The summed E-state index contributed by atoms with van der Waals surface area (Å²) >= 11 is 0. The Morgan fingerprint density at radius 2 is 1.89 bits per heavy atom. The third-order valence-electron chi connectivity index (χ3n) is 3.64. The zero-order chi connectivity index (χ0) is 13.2. The second-order valence-electron chi connectivity index (χ2n) is 4.77. The van der Waals surface area contributed by atoms with E-state index in [0.29, 0.717) is 19.6 Å². The summed E-state index contributed by atoms with van der Waals surface area (Å²) in [7, 11) is 3.32. The van der Waals surface area contributed by atoms with Crippen LogP contribution < -0.4 is 9.47 Å². The van der Waals surface area contributed by atoms with Gasteiger partial charge in [0.2, 0.25) is 0 Å². The Morgan fingerprint density at radius 1 is 1.22 bits per heavy atom. The van der Waals surface area contributed by atoms with Crippen molar-refractivity contribution < 1.29 is 19.3 Å². The first-order valence-electron chi connectivity index (χ1n) is 6.08. The lowest BCUT2D eigenvalue weighted by Gasteiger charge is -2.42. The van der Waals surface area contributed by atoms with Crippen molar-refractivity contribution >= 4 is 0 Å². The van der Waals surface area contributed by atoms with Crippen LogP contribution in [-0.4, -0.2) is 39.1 Å². The molecule has 1 aromatic carbocycles. The third kappa shape index (κ3) is 2.06. The van der Waals surface area contributed by atoms with Gasteiger partial charge in [-0.05, 0) is 31.0 Å². The fourth-order valence-electron chi connectivity index (χ4n) is 2.46. The van der Waals surface area contributed by atoms with Crippen molar-refractivity contribution in [1.29, 1.82) is 0 Å². The molecular weight excluding hydrogens is 232 g/mol. The molecule has 0 aliphatic carbocycles. The lowest BCUT2D eigenvalue weighted by atomic mass is 9.75. The zero-order valence-corrected chi connectivity index (χ0v) is 11.2. The predicted molar refractivity (Wildman–Crippen MR) is 68.5 cm³/mol. The minimum Gasteiger partial charge on any atom is -0.496 e. The van der Waals surface area contributed by atoms with Crippen LogP contribution in [0.25, 0.3) is 0 Å². The Hall–Kier alpha value is -1.26. The summed E-state index contributed by atoms with van der Waals surface area (Å²) in [5.41, 5.74) is 1.96. The molecule has 0 bridgehead atoms. The summed E-state index contributed by atoms with van der Waals surface area (Å²) < 4.78 is 16.2. The van der Waals surface area contributed by atoms with E-state index in [1.54, 1.807) is 14.2 Å². The van der Waals surface area contributed by atoms with Crippen molar-refractivity contribution in [2.75, 3.05) is 34.0 Å². The van der Waals surface area contributed by atoms with Gasteiger partial charge in [-0.15, -0.1) is 0 Å². The Labute approximate surface area is 107 Å². The maximum atomic E-state index is 9.25. The van der Waals surface area contributed by atoms with E-state index in [-0.39, 0.29) is 12.0 Å². The molecule has 1 N–H and O–H groups in total. The molecule has 0 radical (unpaired) electrons. The van der Waals surface area contributed by atoms with Gasteiger partial charge in [0.25, 0.3) is 0 Å². The maximum Gasteiger partial charge on any atom is 0.123 e. The van der Waals surface area contributed by atoms with Gasteiger partial charge in [-0.2, -0.15) is 0 Å². The predicted octanol–water partition coefficient (Wildman–Crippen LogP) is 1.66. The first kappa shape index (κ1) is 13.2. The molecule has 0 aromatic heterocycles. The molecule has 2 rings (SSSR count). The van der Waals surface area contributed by atoms with Crippen molar-refractivity contribution in [1.82, 2.24) is 0 Å². The number of rotatable bonds is 5. The van der Waals surface area contributed by atoms with Crippen molar-refractivity contribution in [3.63, 3.8) is 0 Å². The molecule has 1 aliphatic heterocycles. The number of aliphatic hydroxyl groups excluding tert-OH is 1. The van der Waals surface area contributed by atoms with E-state index in [0.717, 1.165) is 22.6 Å². The highest BCUT2D eigenvalue weighted by Crippen LogP contribution is 2.43. The van der Waals surface area contributed by atoms with Crippen molar-refractivity contribution in [3.8, 4) is 11.5 Å². The topological polar surface area (TPSA) is 47.9 Å². The van der Waals surface area contributed by atoms with E-state index in [2.05, 4.69) is 0 Å². The van der Waals surface area contributed by atoms with Gasteiger partial charge < -0.3 is 19.3 Å². The highest BCUT2D eigenvalue weighted by atomic mass is 16.5. The van der Waals surface area contributed by atoms with Crippen LogP contribution in [0.15, 0.2) is 12.1 Å². The van der Waals surface area contributed by atoms with Gasteiger partial charge in [0, 0.05) is 17.6 Å². The lowest BCUT2D eigenvalue weighted by Crippen LogP contribution is -2.47. The SMILES string of the molecule is COc1cc(C2(CCO)COC2)c(OC)cc1C. The molecule has 1 aliphatic rings. The zero-order valence-electron chi connectivity index (χ0n) is 11.2. The van der Waals surface area contributed by atoms with Gasteiger partial charge in [-0.1, -0.05) is 0 Å². The first-order chi connectivity index (χ1) is 8.66. The average Bonchev–Trinajstić information content (AvgIpc) is 2.33. The van der Waals surface area contributed by atoms with E-state index >= 15 is 0 Å². The van der Waals surface area contributed by atoms with Crippen molar-refractivity contribution in [3.05, 3.63) is 23.3 Å². The van der Waals surface area contributed by atoms with Crippen LogP contribution in [0.2, 0.25) is 0 Å². The van der Waals surface area contributed by atoms with E-state index in [9.17, 15) is 5.11 Å². The molecule has 0 atom stereocenters. The minimum absolute atomic E-state index is 0.138. The number of aliphatic hydroxyl groups is 1. The monoisotopic (exact) mass is 252 g/mol. The first-order valence-corrected chi connectivity index (χ1v) is 6.08. The Balaban J connectivity index is 2.47. The summed E-state index contributed by atoms with van der Waals surface area (Å²) in [6.07, 6.45) is 0.676. The van der Waals surface area contributed by atoms with Crippen molar-refractivity contribution in [2.24, 2.45) is 0 Å². The number of hydrogen-bond acceptors (Lipinski definition) is 4. The summed E-state index contributed by atoms with van der Waals surface area (Å²) in [4.78, 5) is 0. The minimum atomic E-state index is -0.138. The molecule has 0 spiro atoms. The molecule has 100 valence electrons. The molecule has 4 heteroatoms. The summed E-state index contributed by atoms with van der Waals surface area (Å²) in [6, 6.07) is 3.98. The number of hydrogen-bond donors (Lipinski definition) is 1. The van der Waals surface area contributed by atoms with Gasteiger partial charge in [-0.3, -0.25) is 0 Å².